The van der Waals surface area contributed by atoms with Gasteiger partial charge >= 0.3 is 6.09 Å². The molecule has 1 aliphatic carbocycles. The Labute approximate surface area is 163 Å². The van der Waals surface area contributed by atoms with Crippen LogP contribution in [0, 0.1) is 0 Å². The molecule has 1 aromatic rings. The molecule has 2 fully saturated rings. The van der Waals surface area contributed by atoms with Crippen LogP contribution in [0.15, 0.2) is 4.52 Å². The Morgan fingerprint density at radius 3 is 2.11 bits per heavy atom. The number of likely N-dealkylation sites (tertiary alicyclic amines) is 1. The lowest BCUT2D eigenvalue weighted by Crippen LogP contribution is -2.47. The van der Waals surface area contributed by atoms with Crippen LogP contribution in [0.2, 0.25) is 0 Å². The predicted molar refractivity (Wildman–Crippen MR) is 104 cm³/mol. The molecule has 6 nitrogen and oxygen atoms in total. The number of ether oxygens (including phenoxy) is 1. The van der Waals surface area contributed by atoms with Crippen LogP contribution in [-0.2, 0) is 4.74 Å². The van der Waals surface area contributed by atoms with Gasteiger partial charge in [-0.1, -0.05) is 56.5 Å². The molecule has 1 saturated carbocycles. The zero-order valence-corrected chi connectivity index (χ0v) is 17.2. The molecule has 3 rings (SSSR count). The molecule has 1 aliphatic heterocycles. The van der Waals surface area contributed by atoms with Crippen molar-refractivity contribution in [3.05, 3.63) is 11.7 Å². The van der Waals surface area contributed by atoms with E-state index in [2.05, 4.69) is 5.16 Å². The van der Waals surface area contributed by atoms with Crippen LogP contribution in [0.1, 0.15) is 115 Å². The van der Waals surface area contributed by atoms with Crippen LogP contribution >= 0.6 is 0 Å². The summed E-state index contributed by atoms with van der Waals surface area (Å²) in [6.45, 7) is 6.32. The maximum absolute atomic E-state index is 12.3. The average molecular weight is 378 g/mol. The predicted octanol–water partition coefficient (Wildman–Crippen LogP) is 5.75. The second-order valence-electron chi connectivity index (χ2n) is 9.07. The molecule has 1 saturated heterocycles. The maximum atomic E-state index is 12.3. The van der Waals surface area contributed by atoms with Crippen molar-refractivity contribution in [2.24, 2.45) is 0 Å². The summed E-state index contributed by atoms with van der Waals surface area (Å²) in [5.41, 5.74) is -0.494. The summed E-state index contributed by atoms with van der Waals surface area (Å²) < 4.78 is 11.1. The van der Waals surface area contributed by atoms with E-state index in [1.807, 2.05) is 20.8 Å². The number of amides is 1. The Kier molecular flexibility index (Phi) is 6.77. The highest BCUT2D eigenvalue weighted by Gasteiger charge is 2.40. The van der Waals surface area contributed by atoms with Gasteiger partial charge in [-0.25, -0.2) is 4.79 Å². The Morgan fingerprint density at radius 1 is 1.00 bits per heavy atom. The van der Waals surface area contributed by atoms with E-state index in [9.17, 15) is 4.79 Å². The fraction of sp³-hybridized carbons (Fsp3) is 0.857. The summed E-state index contributed by atoms with van der Waals surface area (Å²) in [5.74, 6) is 1.78. The first kappa shape index (κ1) is 20.2. The molecule has 0 spiro atoms. The van der Waals surface area contributed by atoms with Crippen molar-refractivity contribution in [2.45, 2.75) is 109 Å². The van der Waals surface area contributed by atoms with Gasteiger partial charge in [0.25, 0.3) is 0 Å². The van der Waals surface area contributed by atoms with E-state index in [0.717, 1.165) is 25.1 Å². The molecular formula is C21H35N3O3. The van der Waals surface area contributed by atoms with Gasteiger partial charge in [0.2, 0.25) is 5.89 Å². The molecule has 0 aromatic carbocycles. The van der Waals surface area contributed by atoms with Gasteiger partial charge in [0.15, 0.2) is 5.82 Å². The van der Waals surface area contributed by atoms with E-state index in [1.54, 1.807) is 4.90 Å². The van der Waals surface area contributed by atoms with Crippen LogP contribution in [-0.4, -0.2) is 33.3 Å². The number of aromatic nitrogens is 2. The van der Waals surface area contributed by atoms with Crippen molar-refractivity contribution in [1.29, 1.82) is 0 Å². The summed E-state index contributed by atoms with van der Waals surface area (Å²) >= 11 is 0. The fourth-order valence-electron chi connectivity index (χ4n) is 3.98. The topological polar surface area (TPSA) is 68.5 Å². The first-order valence-corrected chi connectivity index (χ1v) is 10.8. The summed E-state index contributed by atoms with van der Waals surface area (Å²) in [4.78, 5) is 18.7. The number of hydrogen-bond donors (Lipinski definition) is 0. The zero-order chi connectivity index (χ0) is 19.3. The van der Waals surface area contributed by atoms with E-state index in [1.165, 1.54) is 51.4 Å². The minimum Gasteiger partial charge on any atom is -0.444 e. The van der Waals surface area contributed by atoms with Gasteiger partial charge in [0.1, 0.15) is 11.6 Å². The van der Waals surface area contributed by atoms with Crippen LogP contribution in [0.25, 0.3) is 0 Å². The van der Waals surface area contributed by atoms with Gasteiger partial charge in [0, 0.05) is 12.5 Å². The Bertz CT molecular complexity index is 596. The van der Waals surface area contributed by atoms with Crippen molar-refractivity contribution in [1.82, 2.24) is 15.0 Å². The van der Waals surface area contributed by atoms with Gasteiger partial charge in [-0.2, -0.15) is 4.98 Å². The van der Waals surface area contributed by atoms with E-state index in [-0.39, 0.29) is 12.1 Å². The van der Waals surface area contributed by atoms with E-state index < -0.39 is 5.60 Å². The lowest BCUT2D eigenvalue weighted by atomic mass is 9.94. The molecule has 152 valence electrons. The van der Waals surface area contributed by atoms with E-state index >= 15 is 0 Å². The van der Waals surface area contributed by atoms with Crippen molar-refractivity contribution in [3.63, 3.8) is 0 Å². The van der Waals surface area contributed by atoms with Crippen LogP contribution in [0.5, 0.6) is 0 Å². The minimum atomic E-state index is -0.494. The monoisotopic (exact) mass is 377 g/mol. The standard InChI is InChI=1S/C21H35N3O3/c1-21(2,3)26-20(25)24-15-14-17(24)19-22-18(23-27-19)16-12-10-8-6-4-5-7-9-11-13-16/h16-17H,4-15H2,1-3H3/t17-/m0/s1. The van der Waals surface area contributed by atoms with Gasteiger partial charge in [-0.15, -0.1) is 0 Å². The molecule has 0 N–H and O–H groups in total. The van der Waals surface area contributed by atoms with Crippen LogP contribution in [0.3, 0.4) is 0 Å². The highest BCUT2D eigenvalue weighted by molar-refractivity contribution is 5.69. The molecule has 27 heavy (non-hydrogen) atoms. The smallest absolute Gasteiger partial charge is 0.410 e. The first-order valence-electron chi connectivity index (χ1n) is 10.8. The van der Waals surface area contributed by atoms with Gasteiger partial charge in [0.05, 0.1) is 0 Å². The van der Waals surface area contributed by atoms with Crippen molar-refractivity contribution < 1.29 is 14.1 Å². The SMILES string of the molecule is CC(C)(C)OC(=O)N1CC[C@H]1c1nc(C2CCCCCCCCCC2)no1. The van der Waals surface area contributed by atoms with Gasteiger partial charge in [-0.3, -0.25) is 4.90 Å². The second-order valence-corrected chi connectivity index (χ2v) is 9.07. The summed E-state index contributed by atoms with van der Waals surface area (Å²) in [6.07, 6.45) is 13.3. The first-order chi connectivity index (χ1) is 12.9. The molecule has 2 heterocycles. The molecule has 1 aromatic heterocycles. The Balaban J connectivity index is 1.61. The lowest BCUT2D eigenvalue weighted by molar-refractivity contribution is -0.0119. The van der Waals surface area contributed by atoms with Crippen molar-refractivity contribution in [2.75, 3.05) is 6.54 Å². The van der Waals surface area contributed by atoms with Crippen molar-refractivity contribution >= 4 is 6.09 Å². The quantitative estimate of drug-likeness (QED) is 0.656. The number of carbonyl (C=O) groups excluding carboxylic acids is 1. The number of hydrogen-bond acceptors (Lipinski definition) is 5. The largest absolute Gasteiger partial charge is 0.444 e. The normalized spacial score (nSPS) is 23.4. The van der Waals surface area contributed by atoms with E-state index in [4.69, 9.17) is 14.2 Å². The molecule has 2 aliphatic rings. The average Bonchev–Trinajstić information content (AvgIpc) is 2.97. The Hall–Kier alpha value is -1.59. The van der Waals surface area contributed by atoms with Gasteiger partial charge in [-0.05, 0) is 40.0 Å². The molecule has 6 heteroatoms. The highest BCUT2D eigenvalue weighted by Crippen LogP contribution is 2.35. The molecule has 0 bridgehead atoms. The molecule has 1 amide bonds. The third-order valence-electron chi connectivity index (χ3n) is 5.61. The summed E-state index contributed by atoms with van der Waals surface area (Å²) in [7, 11) is 0. The van der Waals surface area contributed by atoms with E-state index in [0.29, 0.717) is 18.4 Å². The fourth-order valence-corrected chi connectivity index (χ4v) is 3.98. The second kappa shape index (κ2) is 9.07. The molecule has 1 atom stereocenters. The molecular weight excluding hydrogens is 342 g/mol. The summed E-state index contributed by atoms with van der Waals surface area (Å²) in [6, 6.07) is -0.135. The lowest BCUT2D eigenvalue weighted by Gasteiger charge is -2.39. The van der Waals surface area contributed by atoms with Crippen LogP contribution in [0.4, 0.5) is 4.79 Å². The third-order valence-corrected chi connectivity index (χ3v) is 5.61. The highest BCUT2D eigenvalue weighted by atomic mass is 16.6. The third kappa shape index (κ3) is 5.69. The van der Waals surface area contributed by atoms with Crippen LogP contribution < -0.4 is 0 Å². The zero-order valence-electron chi connectivity index (χ0n) is 17.2. The van der Waals surface area contributed by atoms with Gasteiger partial charge < -0.3 is 9.26 Å². The number of nitrogens with zero attached hydrogens (tertiary/aromatic N) is 3. The molecule has 0 unspecified atom stereocenters. The number of rotatable bonds is 2. The Morgan fingerprint density at radius 2 is 1.59 bits per heavy atom. The summed E-state index contributed by atoms with van der Waals surface area (Å²) in [5, 5.41) is 4.30. The van der Waals surface area contributed by atoms with Crippen molar-refractivity contribution in [3.8, 4) is 0 Å². The minimum absolute atomic E-state index is 0.135. The maximum Gasteiger partial charge on any atom is 0.410 e. The number of carbonyl (C=O) groups is 1. The molecule has 0 radical (unpaired) electrons.